The number of benzene rings is 1. The van der Waals surface area contributed by atoms with Crippen LogP contribution in [0.25, 0.3) is 0 Å². The van der Waals surface area contributed by atoms with Gasteiger partial charge in [-0.1, -0.05) is 11.6 Å². The molecular weight excluding hydrogens is 382 g/mol. The van der Waals surface area contributed by atoms with E-state index in [1.165, 1.54) is 24.4 Å². The van der Waals surface area contributed by atoms with E-state index in [4.69, 9.17) is 16.7 Å². The first-order valence-corrected chi connectivity index (χ1v) is 8.25. The van der Waals surface area contributed by atoms with Crippen molar-refractivity contribution in [1.29, 1.82) is 0 Å². The summed E-state index contributed by atoms with van der Waals surface area (Å²) in [6, 6.07) is 7.13. The smallest absolute Gasteiger partial charge is 0.275 e. The summed E-state index contributed by atoms with van der Waals surface area (Å²) in [5.74, 6) is -0.479. The van der Waals surface area contributed by atoms with Crippen molar-refractivity contribution in [2.24, 2.45) is 5.14 Å². The molecule has 2 aromatic rings. The molecule has 1 aromatic carbocycles. The fourth-order valence-corrected chi connectivity index (χ4v) is 2.78. The third-order valence-electron chi connectivity index (χ3n) is 2.49. The van der Waals surface area contributed by atoms with Crippen molar-refractivity contribution in [3.63, 3.8) is 0 Å². The summed E-state index contributed by atoms with van der Waals surface area (Å²) in [6.45, 7) is 0. The molecule has 0 saturated heterocycles. The number of nitrogens with one attached hydrogen (secondary N) is 1. The minimum atomic E-state index is -3.85. The van der Waals surface area contributed by atoms with Crippen LogP contribution in [0.4, 0.5) is 5.69 Å². The summed E-state index contributed by atoms with van der Waals surface area (Å²) in [5, 5.41) is 7.60. The average molecular weight is 391 g/mol. The highest BCUT2D eigenvalue weighted by molar-refractivity contribution is 9.10. The molecule has 6 nitrogen and oxygen atoms in total. The zero-order valence-corrected chi connectivity index (χ0v) is 13.5. The molecule has 110 valence electrons. The number of sulfonamides is 1. The van der Waals surface area contributed by atoms with Crippen LogP contribution >= 0.6 is 27.5 Å². The number of aromatic nitrogens is 1. The van der Waals surface area contributed by atoms with E-state index < -0.39 is 15.9 Å². The van der Waals surface area contributed by atoms with Gasteiger partial charge in [-0.3, -0.25) is 4.79 Å². The van der Waals surface area contributed by atoms with E-state index in [-0.39, 0.29) is 21.3 Å². The first-order valence-electron chi connectivity index (χ1n) is 5.53. The van der Waals surface area contributed by atoms with Gasteiger partial charge in [0.1, 0.15) is 5.69 Å². The zero-order chi connectivity index (χ0) is 15.6. The molecule has 0 aliphatic rings. The third-order valence-corrected chi connectivity index (χ3v) is 4.35. The fourth-order valence-electron chi connectivity index (χ4n) is 1.51. The molecule has 9 heteroatoms. The number of halogens is 2. The zero-order valence-electron chi connectivity index (χ0n) is 10.4. The molecule has 0 unspecified atom stereocenters. The number of hydrogen-bond acceptors (Lipinski definition) is 4. The Hall–Kier alpha value is -1.48. The quantitative estimate of drug-likeness (QED) is 0.840. The highest BCUT2D eigenvalue weighted by Crippen LogP contribution is 2.25. The van der Waals surface area contributed by atoms with E-state index in [1.807, 2.05) is 0 Å². The van der Waals surface area contributed by atoms with Crippen LogP contribution in [0.2, 0.25) is 5.02 Å². The number of carbonyl (C=O) groups excluding carboxylic acids is 1. The summed E-state index contributed by atoms with van der Waals surface area (Å²) in [4.78, 5) is 15.9. The molecule has 3 N–H and O–H groups in total. The van der Waals surface area contributed by atoms with Gasteiger partial charge in [-0.05, 0) is 46.3 Å². The van der Waals surface area contributed by atoms with Gasteiger partial charge in [0.25, 0.3) is 5.91 Å². The molecule has 0 atom stereocenters. The summed E-state index contributed by atoms with van der Waals surface area (Å²) in [7, 11) is -3.85. The van der Waals surface area contributed by atoms with Gasteiger partial charge in [-0.15, -0.1) is 0 Å². The maximum atomic E-state index is 12.1. The van der Waals surface area contributed by atoms with Crippen LogP contribution in [0.5, 0.6) is 0 Å². The normalized spacial score (nSPS) is 11.2. The predicted octanol–water partition coefficient (Wildman–Crippen LogP) is 2.40. The first kappa shape index (κ1) is 15.9. The fraction of sp³-hybridized carbons (Fsp3) is 0. The van der Waals surface area contributed by atoms with E-state index in [9.17, 15) is 13.2 Å². The summed E-state index contributed by atoms with van der Waals surface area (Å²) >= 11 is 9.15. The lowest BCUT2D eigenvalue weighted by molar-refractivity contribution is 0.102. The molecule has 0 aliphatic heterocycles. The van der Waals surface area contributed by atoms with Crippen molar-refractivity contribution >= 4 is 49.1 Å². The molecule has 1 aromatic heterocycles. The lowest BCUT2D eigenvalue weighted by Gasteiger charge is -2.08. The second-order valence-corrected chi connectivity index (χ2v) is 6.80. The summed E-state index contributed by atoms with van der Waals surface area (Å²) in [5.41, 5.74) is 0.440. The monoisotopic (exact) mass is 389 g/mol. The van der Waals surface area contributed by atoms with Crippen molar-refractivity contribution < 1.29 is 13.2 Å². The number of anilines is 1. The van der Waals surface area contributed by atoms with Gasteiger partial charge < -0.3 is 5.32 Å². The number of carbonyl (C=O) groups is 1. The number of hydrogen-bond donors (Lipinski definition) is 2. The molecule has 0 radical (unpaired) electrons. The van der Waals surface area contributed by atoms with E-state index in [0.717, 1.165) is 0 Å². The molecule has 1 amide bonds. The Morgan fingerprint density at radius 2 is 2.05 bits per heavy atom. The molecule has 0 aliphatic carbocycles. The first-order chi connectivity index (χ1) is 9.79. The van der Waals surface area contributed by atoms with E-state index in [2.05, 4.69) is 26.2 Å². The lowest BCUT2D eigenvalue weighted by Crippen LogP contribution is -2.15. The van der Waals surface area contributed by atoms with Crippen molar-refractivity contribution in [2.45, 2.75) is 4.90 Å². The van der Waals surface area contributed by atoms with Crippen molar-refractivity contribution in [3.05, 3.63) is 51.7 Å². The van der Waals surface area contributed by atoms with Gasteiger partial charge in [0.15, 0.2) is 0 Å². The van der Waals surface area contributed by atoms with Gasteiger partial charge in [-0.25, -0.2) is 18.5 Å². The van der Waals surface area contributed by atoms with E-state index in [0.29, 0.717) is 4.47 Å². The van der Waals surface area contributed by atoms with Crippen LogP contribution in [0.15, 0.2) is 45.9 Å². The number of nitrogens with two attached hydrogens (primary N) is 1. The Bertz CT molecular complexity index is 811. The van der Waals surface area contributed by atoms with Crippen molar-refractivity contribution in [3.8, 4) is 0 Å². The number of primary sulfonamides is 1. The highest BCUT2D eigenvalue weighted by atomic mass is 79.9. The Labute approximate surface area is 134 Å². The van der Waals surface area contributed by atoms with E-state index >= 15 is 0 Å². The molecular formula is C12H9BrClN3O3S. The van der Waals surface area contributed by atoms with Crippen LogP contribution in [-0.2, 0) is 10.0 Å². The number of nitrogens with zero attached hydrogens (tertiary/aromatic N) is 1. The third kappa shape index (κ3) is 3.79. The molecule has 0 spiro atoms. The van der Waals surface area contributed by atoms with Crippen LogP contribution < -0.4 is 10.5 Å². The van der Waals surface area contributed by atoms with Gasteiger partial charge in [0, 0.05) is 10.7 Å². The maximum Gasteiger partial charge on any atom is 0.275 e. The van der Waals surface area contributed by atoms with Gasteiger partial charge in [-0.2, -0.15) is 0 Å². The van der Waals surface area contributed by atoms with Crippen LogP contribution in [-0.4, -0.2) is 19.3 Å². The number of pyridine rings is 1. The lowest BCUT2D eigenvalue weighted by atomic mass is 10.3. The Morgan fingerprint density at radius 1 is 1.33 bits per heavy atom. The average Bonchev–Trinajstić information content (AvgIpc) is 2.40. The molecule has 1 heterocycles. The van der Waals surface area contributed by atoms with Crippen LogP contribution in [0.1, 0.15) is 10.5 Å². The van der Waals surface area contributed by atoms with Crippen LogP contribution in [0.3, 0.4) is 0 Å². The summed E-state index contributed by atoms with van der Waals surface area (Å²) in [6.07, 6.45) is 1.48. The van der Waals surface area contributed by atoms with Crippen LogP contribution in [0, 0.1) is 0 Å². The molecule has 0 bridgehead atoms. The SMILES string of the molecule is NS(=O)(=O)c1ccc(NC(=O)c2ncccc2Br)c(Cl)c1. The van der Waals surface area contributed by atoms with Crippen molar-refractivity contribution in [2.75, 3.05) is 5.32 Å². The Morgan fingerprint density at radius 3 is 2.62 bits per heavy atom. The number of rotatable bonds is 3. The topological polar surface area (TPSA) is 102 Å². The second-order valence-electron chi connectivity index (χ2n) is 3.97. The number of amides is 1. The molecule has 21 heavy (non-hydrogen) atoms. The second kappa shape index (κ2) is 6.10. The van der Waals surface area contributed by atoms with E-state index in [1.54, 1.807) is 12.1 Å². The maximum absolute atomic E-state index is 12.1. The standard InChI is InChI=1S/C12H9BrClN3O3S/c13-8-2-1-5-16-11(8)12(18)17-10-4-3-7(6-9(10)14)21(15,19)20/h1-6H,(H,17,18)(H2,15,19,20). The highest BCUT2D eigenvalue weighted by Gasteiger charge is 2.15. The van der Waals surface area contributed by atoms with Gasteiger partial charge >= 0.3 is 0 Å². The largest absolute Gasteiger partial charge is 0.319 e. The predicted molar refractivity (Wildman–Crippen MR) is 82.7 cm³/mol. The Kier molecular flexibility index (Phi) is 4.62. The summed E-state index contributed by atoms with van der Waals surface area (Å²) < 4.78 is 22.9. The molecule has 0 saturated carbocycles. The minimum Gasteiger partial charge on any atom is -0.319 e. The van der Waals surface area contributed by atoms with Gasteiger partial charge in [0.2, 0.25) is 10.0 Å². The minimum absolute atomic E-state index is 0.0573. The van der Waals surface area contributed by atoms with Crippen molar-refractivity contribution in [1.82, 2.24) is 4.98 Å². The molecule has 0 fully saturated rings. The molecule has 2 rings (SSSR count). The Balaban J connectivity index is 2.29. The van der Waals surface area contributed by atoms with Gasteiger partial charge in [0.05, 0.1) is 15.6 Å².